The van der Waals surface area contributed by atoms with Gasteiger partial charge in [-0.15, -0.1) is 10.2 Å². The molecule has 1 saturated heterocycles. The number of carbonyl (C=O) groups is 2. The van der Waals surface area contributed by atoms with Crippen LogP contribution in [0, 0.1) is 11.7 Å². The van der Waals surface area contributed by atoms with Crippen molar-refractivity contribution < 1.29 is 14.0 Å². The van der Waals surface area contributed by atoms with E-state index in [2.05, 4.69) is 27.4 Å². The maximum Gasteiger partial charge on any atom is 0.231 e. The normalized spacial score (nSPS) is 16.5. The molecule has 2 amide bonds. The van der Waals surface area contributed by atoms with Gasteiger partial charge in [-0.3, -0.25) is 9.59 Å². The molecule has 7 nitrogen and oxygen atoms in total. The van der Waals surface area contributed by atoms with Crippen LogP contribution in [-0.2, 0) is 22.4 Å². The Kier molecular flexibility index (Phi) is 6.08. The van der Waals surface area contributed by atoms with Crippen molar-refractivity contribution in [1.82, 2.24) is 20.1 Å². The number of amides is 2. The molecule has 1 aromatic carbocycles. The maximum atomic E-state index is 13.5. The minimum atomic E-state index is -0.402. The molecule has 0 spiro atoms. The molecule has 30 heavy (non-hydrogen) atoms. The van der Waals surface area contributed by atoms with Crippen LogP contribution in [0.5, 0.6) is 0 Å². The van der Waals surface area contributed by atoms with E-state index in [1.54, 1.807) is 11.0 Å². The van der Waals surface area contributed by atoms with Gasteiger partial charge in [-0.05, 0) is 36.6 Å². The number of nitrogens with zero attached hydrogens (tertiary/aromatic N) is 3. The number of nitrogens with one attached hydrogen (secondary N) is 2. The molecular formula is C21H24FN5O2S. The fourth-order valence-electron chi connectivity index (χ4n) is 3.72. The van der Waals surface area contributed by atoms with E-state index in [1.807, 2.05) is 6.20 Å². The molecule has 0 aliphatic carbocycles. The van der Waals surface area contributed by atoms with Gasteiger partial charge < -0.3 is 15.2 Å². The summed E-state index contributed by atoms with van der Waals surface area (Å²) in [5.74, 6) is -0.923. The number of unbranched alkanes of at least 4 members (excludes halogenated alkanes) is 1. The summed E-state index contributed by atoms with van der Waals surface area (Å²) in [7, 11) is 0. The predicted molar refractivity (Wildman–Crippen MR) is 114 cm³/mol. The number of aromatic amines is 1. The number of aromatic nitrogens is 3. The Labute approximate surface area is 177 Å². The van der Waals surface area contributed by atoms with Gasteiger partial charge in [0.1, 0.15) is 10.8 Å². The van der Waals surface area contributed by atoms with E-state index in [1.165, 1.54) is 23.5 Å². The van der Waals surface area contributed by atoms with Gasteiger partial charge in [-0.2, -0.15) is 0 Å². The SMILES string of the molecule is CCCCc1nnc(NC(=O)[C@H]2CC(=O)N(CCc3c[nH]c4ccc(F)cc34)C2)s1. The van der Waals surface area contributed by atoms with Gasteiger partial charge in [0.25, 0.3) is 0 Å². The third kappa shape index (κ3) is 4.51. The highest BCUT2D eigenvalue weighted by molar-refractivity contribution is 7.15. The molecule has 158 valence electrons. The van der Waals surface area contributed by atoms with E-state index in [4.69, 9.17) is 0 Å². The number of anilines is 1. The Bertz CT molecular complexity index is 1060. The molecule has 3 heterocycles. The minimum Gasteiger partial charge on any atom is -0.361 e. The van der Waals surface area contributed by atoms with Gasteiger partial charge in [0, 0.05) is 43.0 Å². The highest BCUT2D eigenvalue weighted by Gasteiger charge is 2.34. The summed E-state index contributed by atoms with van der Waals surface area (Å²) in [4.78, 5) is 29.8. The van der Waals surface area contributed by atoms with E-state index in [-0.39, 0.29) is 24.1 Å². The van der Waals surface area contributed by atoms with Crippen molar-refractivity contribution in [3.8, 4) is 0 Å². The molecule has 1 atom stereocenters. The number of halogens is 1. The van der Waals surface area contributed by atoms with Crippen molar-refractivity contribution in [3.05, 3.63) is 40.8 Å². The topological polar surface area (TPSA) is 91.0 Å². The molecule has 2 aromatic heterocycles. The number of fused-ring (bicyclic) bond motifs is 1. The lowest BCUT2D eigenvalue weighted by atomic mass is 10.1. The van der Waals surface area contributed by atoms with Crippen molar-refractivity contribution in [2.75, 3.05) is 18.4 Å². The Hall–Kier alpha value is -2.81. The molecule has 1 fully saturated rings. The van der Waals surface area contributed by atoms with Crippen LogP contribution in [0.15, 0.2) is 24.4 Å². The average molecular weight is 430 g/mol. The van der Waals surface area contributed by atoms with Crippen LogP contribution in [0.3, 0.4) is 0 Å². The number of hydrogen-bond donors (Lipinski definition) is 2. The zero-order chi connectivity index (χ0) is 21.1. The summed E-state index contributed by atoms with van der Waals surface area (Å²) >= 11 is 1.39. The van der Waals surface area contributed by atoms with Crippen molar-refractivity contribution in [2.24, 2.45) is 5.92 Å². The first-order valence-electron chi connectivity index (χ1n) is 10.2. The molecule has 3 aromatic rings. The molecule has 2 N–H and O–H groups in total. The number of carbonyl (C=O) groups excluding carboxylic acids is 2. The summed E-state index contributed by atoms with van der Waals surface area (Å²) in [5, 5.41) is 13.1. The van der Waals surface area contributed by atoms with Gasteiger partial charge in [-0.1, -0.05) is 24.7 Å². The van der Waals surface area contributed by atoms with Crippen LogP contribution in [0.4, 0.5) is 9.52 Å². The lowest BCUT2D eigenvalue weighted by Crippen LogP contribution is -2.30. The quantitative estimate of drug-likeness (QED) is 0.573. The predicted octanol–water partition coefficient (Wildman–Crippen LogP) is 3.53. The number of benzene rings is 1. The first-order chi connectivity index (χ1) is 14.5. The smallest absolute Gasteiger partial charge is 0.231 e. The van der Waals surface area contributed by atoms with Gasteiger partial charge in [0.15, 0.2) is 0 Å². The molecule has 1 aliphatic heterocycles. The zero-order valence-electron chi connectivity index (χ0n) is 16.8. The van der Waals surface area contributed by atoms with Crippen molar-refractivity contribution in [2.45, 2.75) is 39.0 Å². The highest BCUT2D eigenvalue weighted by Crippen LogP contribution is 2.24. The minimum absolute atomic E-state index is 0.0397. The van der Waals surface area contributed by atoms with E-state index in [0.717, 1.165) is 40.7 Å². The van der Waals surface area contributed by atoms with Crippen LogP contribution in [0.1, 0.15) is 36.8 Å². The second-order valence-electron chi connectivity index (χ2n) is 7.59. The van der Waals surface area contributed by atoms with Crippen LogP contribution in [-0.4, -0.2) is 45.0 Å². The van der Waals surface area contributed by atoms with Crippen LogP contribution >= 0.6 is 11.3 Å². The van der Waals surface area contributed by atoms with Crippen molar-refractivity contribution in [1.29, 1.82) is 0 Å². The molecular weight excluding hydrogens is 405 g/mol. The second-order valence-corrected chi connectivity index (χ2v) is 8.65. The number of likely N-dealkylation sites (tertiary alicyclic amines) is 1. The second kappa shape index (κ2) is 8.91. The zero-order valence-corrected chi connectivity index (χ0v) is 17.6. The Morgan fingerprint density at radius 1 is 1.37 bits per heavy atom. The van der Waals surface area contributed by atoms with Crippen molar-refractivity contribution in [3.63, 3.8) is 0 Å². The van der Waals surface area contributed by atoms with Gasteiger partial charge in [-0.25, -0.2) is 4.39 Å². The Balaban J connectivity index is 1.32. The third-order valence-electron chi connectivity index (χ3n) is 5.41. The third-order valence-corrected chi connectivity index (χ3v) is 6.31. The Morgan fingerprint density at radius 2 is 2.23 bits per heavy atom. The molecule has 0 saturated carbocycles. The van der Waals surface area contributed by atoms with E-state index >= 15 is 0 Å². The van der Waals surface area contributed by atoms with E-state index in [9.17, 15) is 14.0 Å². The average Bonchev–Trinajstić information content (AvgIpc) is 3.43. The van der Waals surface area contributed by atoms with E-state index in [0.29, 0.717) is 24.6 Å². The van der Waals surface area contributed by atoms with Gasteiger partial charge in [0.05, 0.1) is 5.92 Å². The molecule has 1 aliphatic rings. The first kappa shape index (κ1) is 20.5. The lowest BCUT2D eigenvalue weighted by molar-refractivity contribution is -0.128. The van der Waals surface area contributed by atoms with Crippen LogP contribution in [0.2, 0.25) is 0 Å². The number of hydrogen-bond acceptors (Lipinski definition) is 5. The number of aryl methyl sites for hydroxylation is 1. The largest absolute Gasteiger partial charge is 0.361 e. The van der Waals surface area contributed by atoms with Gasteiger partial charge >= 0.3 is 0 Å². The van der Waals surface area contributed by atoms with Crippen LogP contribution in [0.25, 0.3) is 10.9 Å². The summed E-state index contributed by atoms with van der Waals surface area (Å²) in [5.41, 5.74) is 1.82. The van der Waals surface area contributed by atoms with Crippen molar-refractivity contribution >= 4 is 39.2 Å². The Morgan fingerprint density at radius 3 is 3.07 bits per heavy atom. The maximum absolute atomic E-state index is 13.5. The fraction of sp³-hybridized carbons (Fsp3) is 0.429. The lowest BCUT2D eigenvalue weighted by Gasteiger charge is -2.16. The molecule has 0 bridgehead atoms. The highest BCUT2D eigenvalue weighted by atomic mass is 32.1. The standard InChI is InChI=1S/C21H24FN5O2S/c1-2-3-4-18-25-26-21(30-18)24-20(29)14-9-19(28)27(12-14)8-7-13-11-23-17-6-5-15(22)10-16(13)17/h5-6,10-11,14,23H,2-4,7-9,12H2,1H3,(H,24,26,29)/t14-/m0/s1. The first-order valence-corrected chi connectivity index (χ1v) is 11.0. The molecule has 0 unspecified atom stereocenters. The summed E-state index contributed by atoms with van der Waals surface area (Å²) in [6, 6.07) is 4.62. The van der Waals surface area contributed by atoms with Gasteiger partial charge in [0.2, 0.25) is 16.9 Å². The summed E-state index contributed by atoms with van der Waals surface area (Å²) in [6.07, 6.45) is 5.61. The fourth-order valence-corrected chi connectivity index (χ4v) is 4.50. The number of rotatable bonds is 8. The summed E-state index contributed by atoms with van der Waals surface area (Å²) in [6.45, 7) is 2.98. The molecule has 0 radical (unpaired) electrons. The summed E-state index contributed by atoms with van der Waals surface area (Å²) < 4.78 is 13.5. The number of H-pyrrole nitrogens is 1. The molecule has 4 rings (SSSR count). The van der Waals surface area contributed by atoms with E-state index < -0.39 is 5.92 Å². The monoisotopic (exact) mass is 429 g/mol. The molecule has 9 heteroatoms. The van der Waals surface area contributed by atoms with Crippen LogP contribution < -0.4 is 5.32 Å².